The van der Waals surface area contributed by atoms with Gasteiger partial charge in [-0.25, -0.2) is 4.79 Å². The number of benzene rings is 1. The molecule has 0 heterocycles. The summed E-state index contributed by atoms with van der Waals surface area (Å²) in [5, 5.41) is 29.9. The molecular formula is C16H21NO8. The van der Waals surface area contributed by atoms with E-state index in [1.165, 1.54) is 14.2 Å². The van der Waals surface area contributed by atoms with Crippen LogP contribution in [0.15, 0.2) is 18.2 Å². The standard InChI is InChI=1S/C16H21NO8/c1-24-9-3-4-10(13(7-9)25-2)12(18)5-6-14(19)17-11(16(22)23)8-15(20)21/h3-4,7,11-12,18H,5-6,8H2,1-2H3,(H,17,19)(H,20,21)(H,22,23). The third kappa shape index (κ3) is 6.30. The number of aliphatic hydroxyl groups is 1. The number of aliphatic carboxylic acids is 2. The Balaban J connectivity index is 2.66. The van der Waals surface area contributed by atoms with Crippen LogP contribution in [0, 0.1) is 0 Å². The molecule has 138 valence electrons. The van der Waals surface area contributed by atoms with Crippen LogP contribution in [-0.4, -0.2) is 53.4 Å². The number of rotatable bonds is 10. The maximum Gasteiger partial charge on any atom is 0.326 e. The van der Waals surface area contributed by atoms with E-state index in [-0.39, 0.29) is 12.8 Å². The molecule has 4 N–H and O–H groups in total. The molecule has 1 amide bonds. The lowest BCUT2D eigenvalue weighted by Gasteiger charge is -2.16. The minimum absolute atomic E-state index is 0.00787. The zero-order valence-corrected chi connectivity index (χ0v) is 13.9. The molecule has 2 unspecified atom stereocenters. The van der Waals surface area contributed by atoms with Crippen LogP contribution in [-0.2, 0) is 14.4 Å². The van der Waals surface area contributed by atoms with Crippen molar-refractivity contribution in [1.29, 1.82) is 0 Å². The molecule has 1 aromatic rings. The van der Waals surface area contributed by atoms with Gasteiger partial charge in [-0.2, -0.15) is 0 Å². The van der Waals surface area contributed by atoms with E-state index in [4.69, 9.17) is 19.7 Å². The predicted octanol–water partition coefficient (Wildman–Crippen LogP) is 0.561. The lowest BCUT2D eigenvalue weighted by Crippen LogP contribution is -2.42. The molecule has 1 rings (SSSR count). The molecule has 9 heteroatoms. The van der Waals surface area contributed by atoms with Crippen molar-refractivity contribution in [3.05, 3.63) is 23.8 Å². The van der Waals surface area contributed by atoms with Gasteiger partial charge in [0.2, 0.25) is 5.91 Å². The molecule has 0 radical (unpaired) electrons. The molecular weight excluding hydrogens is 334 g/mol. The average molecular weight is 355 g/mol. The Kier molecular flexibility index (Phi) is 7.67. The second kappa shape index (κ2) is 9.48. The van der Waals surface area contributed by atoms with Crippen molar-refractivity contribution in [3.63, 3.8) is 0 Å². The lowest BCUT2D eigenvalue weighted by molar-refractivity contribution is -0.147. The van der Waals surface area contributed by atoms with Crippen LogP contribution < -0.4 is 14.8 Å². The highest BCUT2D eigenvalue weighted by atomic mass is 16.5. The minimum atomic E-state index is -1.52. The van der Waals surface area contributed by atoms with Crippen molar-refractivity contribution in [2.45, 2.75) is 31.4 Å². The molecule has 0 saturated carbocycles. The number of methoxy groups -OCH3 is 2. The van der Waals surface area contributed by atoms with Crippen molar-refractivity contribution in [2.24, 2.45) is 0 Å². The highest BCUT2D eigenvalue weighted by Gasteiger charge is 2.23. The van der Waals surface area contributed by atoms with Crippen molar-refractivity contribution >= 4 is 17.8 Å². The van der Waals surface area contributed by atoms with E-state index in [2.05, 4.69) is 5.32 Å². The maximum atomic E-state index is 11.8. The fraction of sp³-hybridized carbons (Fsp3) is 0.438. The third-order valence-electron chi connectivity index (χ3n) is 3.46. The van der Waals surface area contributed by atoms with Crippen molar-refractivity contribution in [3.8, 4) is 11.5 Å². The van der Waals surface area contributed by atoms with Crippen molar-refractivity contribution in [1.82, 2.24) is 5.32 Å². The highest BCUT2D eigenvalue weighted by molar-refractivity contribution is 5.86. The Hall–Kier alpha value is -2.81. The number of carbonyl (C=O) groups is 3. The van der Waals surface area contributed by atoms with E-state index < -0.39 is 36.4 Å². The first-order valence-electron chi connectivity index (χ1n) is 7.42. The van der Waals surface area contributed by atoms with E-state index in [0.717, 1.165) is 0 Å². The molecule has 0 aliphatic carbocycles. The summed E-state index contributed by atoms with van der Waals surface area (Å²) in [6, 6.07) is 3.31. The normalized spacial score (nSPS) is 12.8. The maximum absolute atomic E-state index is 11.8. The molecule has 0 fully saturated rings. The van der Waals surface area contributed by atoms with Crippen LogP contribution in [0.5, 0.6) is 11.5 Å². The zero-order chi connectivity index (χ0) is 19.0. The van der Waals surface area contributed by atoms with E-state index in [9.17, 15) is 19.5 Å². The van der Waals surface area contributed by atoms with Gasteiger partial charge in [0.15, 0.2) is 0 Å². The van der Waals surface area contributed by atoms with Crippen molar-refractivity contribution in [2.75, 3.05) is 14.2 Å². The topological polar surface area (TPSA) is 142 Å². The summed E-state index contributed by atoms with van der Waals surface area (Å²) >= 11 is 0. The fourth-order valence-electron chi connectivity index (χ4n) is 2.16. The summed E-state index contributed by atoms with van der Waals surface area (Å²) in [5.74, 6) is -2.51. The monoisotopic (exact) mass is 355 g/mol. The number of aliphatic hydroxyl groups excluding tert-OH is 1. The van der Waals surface area contributed by atoms with E-state index >= 15 is 0 Å². The van der Waals surface area contributed by atoms with Gasteiger partial charge in [0.05, 0.1) is 26.7 Å². The Morgan fingerprint density at radius 3 is 2.36 bits per heavy atom. The van der Waals surface area contributed by atoms with Gasteiger partial charge in [-0.3, -0.25) is 9.59 Å². The van der Waals surface area contributed by atoms with Gasteiger partial charge in [-0.15, -0.1) is 0 Å². The lowest BCUT2D eigenvalue weighted by atomic mass is 10.0. The summed E-state index contributed by atoms with van der Waals surface area (Å²) in [6.45, 7) is 0. The summed E-state index contributed by atoms with van der Waals surface area (Å²) < 4.78 is 10.2. The molecule has 0 saturated heterocycles. The molecule has 0 spiro atoms. The molecule has 0 aliphatic heterocycles. The SMILES string of the molecule is COc1ccc(C(O)CCC(=O)NC(CC(=O)O)C(=O)O)c(OC)c1. The third-order valence-corrected chi connectivity index (χ3v) is 3.46. The first kappa shape index (κ1) is 20.2. The largest absolute Gasteiger partial charge is 0.497 e. The Bertz CT molecular complexity index is 631. The molecule has 0 aromatic heterocycles. The molecule has 1 aromatic carbocycles. The van der Waals surface area contributed by atoms with Gasteiger partial charge in [0.25, 0.3) is 0 Å². The molecule has 9 nitrogen and oxygen atoms in total. The van der Waals surface area contributed by atoms with Gasteiger partial charge < -0.3 is 30.1 Å². The van der Waals surface area contributed by atoms with Crippen LogP contribution in [0.2, 0.25) is 0 Å². The first-order chi connectivity index (χ1) is 11.8. The summed E-state index contributed by atoms with van der Waals surface area (Å²) in [7, 11) is 2.92. The van der Waals surface area contributed by atoms with Crippen LogP contribution in [0.4, 0.5) is 0 Å². The molecule has 2 atom stereocenters. The number of carbonyl (C=O) groups excluding carboxylic acids is 1. The minimum Gasteiger partial charge on any atom is -0.497 e. The zero-order valence-electron chi connectivity index (χ0n) is 13.9. The number of hydrogen-bond donors (Lipinski definition) is 4. The van der Waals surface area contributed by atoms with E-state index in [0.29, 0.717) is 17.1 Å². The molecule has 25 heavy (non-hydrogen) atoms. The smallest absolute Gasteiger partial charge is 0.326 e. The van der Waals surface area contributed by atoms with E-state index in [1.807, 2.05) is 0 Å². The van der Waals surface area contributed by atoms with Crippen LogP contribution in [0.25, 0.3) is 0 Å². The number of carboxylic acids is 2. The van der Waals surface area contributed by atoms with Gasteiger partial charge >= 0.3 is 11.9 Å². The highest BCUT2D eigenvalue weighted by Crippen LogP contribution is 2.31. The second-order valence-electron chi connectivity index (χ2n) is 5.22. The van der Waals surface area contributed by atoms with Gasteiger partial charge in [-0.05, 0) is 18.6 Å². The summed E-state index contributed by atoms with van der Waals surface area (Å²) in [5.41, 5.74) is 0.455. The Labute approximate surface area is 144 Å². The van der Waals surface area contributed by atoms with Gasteiger partial charge in [0, 0.05) is 18.1 Å². The van der Waals surface area contributed by atoms with Crippen molar-refractivity contribution < 1.29 is 39.2 Å². The second-order valence-corrected chi connectivity index (χ2v) is 5.22. The Morgan fingerprint density at radius 2 is 1.84 bits per heavy atom. The molecule has 0 bridgehead atoms. The number of ether oxygens (including phenoxy) is 2. The predicted molar refractivity (Wildman–Crippen MR) is 85.6 cm³/mol. The number of amides is 1. The fourth-order valence-corrected chi connectivity index (χ4v) is 2.16. The van der Waals surface area contributed by atoms with Gasteiger partial charge in [-0.1, -0.05) is 0 Å². The average Bonchev–Trinajstić information content (AvgIpc) is 2.57. The van der Waals surface area contributed by atoms with E-state index in [1.54, 1.807) is 18.2 Å². The first-order valence-corrected chi connectivity index (χ1v) is 7.42. The summed E-state index contributed by atoms with van der Waals surface area (Å²) in [4.78, 5) is 33.3. The number of carboxylic acid groups (broad SMARTS) is 2. The number of nitrogens with one attached hydrogen (secondary N) is 1. The molecule has 0 aliphatic rings. The van der Waals surface area contributed by atoms with Crippen LogP contribution >= 0.6 is 0 Å². The Morgan fingerprint density at radius 1 is 1.16 bits per heavy atom. The van der Waals surface area contributed by atoms with Gasteiger partial charge in [0.1, 0.15) is 17.5 Å². The number of hydrogen-bond acceptors (Lipinski definition) is 6. The summed E-state index contributed by atoms with van der Waals surface area (Å²) in [6.07, 6.45) is -1.92. The van der Waals surface area contributed by atoms with Crippen LogP contribution in [0.1, 0.15) is 30.9 Å². The van der Waals surface area contributed by atoms with Crippen LogP contribution in [0.3, 0.4) is 0 Å². The quantitative estimate of drug-likeness (QED) is 0.477.